The maximum Gasteiger partial charge on any atom is 0.294 e. The number of hydrogen-bond acceptors (Lipinski definition) is 5. The summed E-state index contributed by atoms with van der Waals surface area (Å²) in [5.74, 6) is 0. The second-order valence-corrected chi connectivity index (χ2v) is 4.19. The van der Waals surface area contributed by atoms with E-state index in [4.69, 9.17) is 4.74 Å². The lowest BCUT2D eigenvalue weighted by Gasteiger charge is -2.06. The van der Waals surface area contributed by atoms with Crippen LogP contribution in [0.15, 0.2) is 0 Å². The van der Waals surface area contributed by atoms with Gasteiger partial charge in [0.2, 0.25) is 0 Å². The molecule has 13 heavy (non-hydrogen) atoms. The Morgan fingerprint density at radius 2 is 2.23 bits per heavy atom. The number of nitrogens with one attached hydrogen (secondary N) is 1. The summed E-state index contributed by atoms with van der Waals surface area (Å²) in [6.45, 7) is 7.62. The molecule has 0 amide bonds. The van der Waals surface area contributed by atoms with Crippen LogP contribution in [0.1, 0.15) is 18.9 Å². The van der Waals surface area contributed by atoms with E-state index in [9.17, 15) is 0 Å². The second kappa shape index (κ2) is 5.14. The van der Waals surface area contributed by atoms with Gasteiger partial charge in [0.15, 0.2) is 0 Å². The van der Waals surface area contributed by atoms with Gasteiger partial charge in [0.1, 0.15) is 11.6 Å². The highest BCUT2D eigenvalue weighted by Crippen LogP contribution is 2.15. The fourth-order valence-corrected chi connectivity index (χ4v) is 1.38. The zero-order valence-electron chi connectivity index (χ0n) is 8.20. The topological polar surface area (TPSA) is 47.0 Å². The third kappa shape index (κ3) is 4.19. The van der Waals surface area contributed by atoms with E-state index in [1.807, 2.05) is 6.92 Å². The molecule has 0 radical (unpaired) electrons. The summed E-state index contributed by atoms with van der Waals surface area (Å²) in [5, 5.41) is 12.6. The molecular formula is C8H15N3OS. The van der Waals surface area contributed by atoms with Crippen molar-refractivity contribution in [3.8, 4) is 5.19 Å². The van der Waals surface area contributed by atoms with Gasteiger partial charge >= 0.3 is 0 Å². The van der Waals surface area contributed by atoms with E-state index in [-0.39, 0.29) is 0 Å². The molecule has 1 aromatic rings. The van der Waals surface area contributed by atoms with Crippen LogP contribution >= 0.6 is 11.3 Å². The van der Waals surface area contributed by atoms with Crippen LogP contribution in [-0.2, 0) is 0 Å². The molecule has 0 aromatic carbocycles. The Hall–Kier alpha value is -0.680. The van der Waals surface area contributed by atoms with Gasteiger partial charge in [-0.15, -0.1) is 10.2 Å². The van der Waals surface area contributed by atoms with E-state index in [0.717, 1.165) is 11.6 Å². The maximum absolute atomic E-state index is 5.36. The summed E-state index contributed by atoms with van der Waals surface area (Å²) >= 11 is 1.47. The van der Waals surface area contributed by atoms with Gasteiger partial charge in [0, 0.05) is 12.6 Å². The van der Waals surface area contributed by atoms with Crippen LogP contribution in [0.3, 0.4) is 0 Å². The van der Waals surface area contributed by atoms with Crippen LogP contribution < -0.4 is 10.1 Å². The van der Waals surface area contributed by atoms with E-state index in [1.165, 1.54) is 11.3 Å². The van der Waals surface area contributed by atoms with E-state index in [1.54, 1.807) is 0 Å². The largest absolute Gasteiger partial charge is 0.468 e. The van der Waals surface area contributed by atoms with Crippen molar-refractivity contribution in [3.05, 3.63) is 5.01 Å². The normalized spacial score (nSPS) is 10.8. The van der Waals surface area contributed by atoms with Gasteiger partial charge in [-0.05, 0) is 6.92 Å². The molecule has 1 heterocycles. The van der Waals surface area contributed by atoms with Crippen molar-refractivity contribution in [1.29, 1.82) is 0 Å². The van der Waals surface area contributed by atoms with Gasteiger partial charge in [-0.25, -0.2) is 0 Å². The third-order valence-corrected chi connectivity index (χ3v) is 2.14. The average molecular weight is 201 g/mol. The van der Waals surface area contributed by atoms with E-state index >= 15 is 0 Å². The summed E-state index contributed by atoms with van der Waals surface area (Å²) in [6.07, 6.45) is 0. The molecule has 0 fully saturated rings. The van der Waals surface area contributed by atoms with E-state index in [2.05, 4.69) is 29.4 Å². The minimum Gasteiger partial charge on any atom is -0.468 e. The monoisotopic (exact) mass is 201 g/mol. The number of rotatable bonds is 5. The van der Waals surface area contributed by atoms with Crippen molar-refractivity contribution in [2.75, 3.05) is 13.2 Å². The molecule has 0 spiro atoms. The smallest absolute Gasteiger partial charge is 0.294 e. The lowest BCUT2D eigenvalue weighted by Crippen LogP contribution is -2.27. The molecule has 0 aliphatic heterocycles. The Morgan fingerprint density at radius 1 is 1.46 bits per heavy atom. The highest BCUT2D eigenvalue weighted by Gasteiger charge is 2.00. The summed E-state index contributed by atoms with van der Waals surface area (Å²) < 4.78 is 5.36. The molecule has 5 heteroatoms. The predicted octanol–water partition coefficient (Wildman–Crippen LogP) is 1.22. The summed E-state index contributed by atoms with van der Waals surface area (Å²) in [7, 11) is 0. The van der Waals surface area contributed by atoms with Gasteiger partial charge in [0.25, 0.3) is 5.19 Å². The van der Waals surface area contributed by atoms with Gasteiger partial charge in [-0.1, -0.05) is 25.2 Å². The number of aryl methyl sites for hydroxylation is 1. The van der Waals surface area contributed by atoms with Crippen molar-refractivity contribution in [1.82, 2.24) is 15.5 Å². The summed E-state index contributed by atoms with van der Waals surface area (Å²) in [5.41, 5.74) is 0. The molecule has 0 unspecified atom stereocenters. The Bertz CT molecular complexity index is 249. The lowest BCUT2D eigenvalue weighted by molar-refractivity contribution is 0.305. The SMILES string of the molecule is Cc1nnc(OCCNC(C)C)s1. The first-order valence-electron chi connectivity index (χ1n) is 4.35. The lowest BCUT2D eigenvalue weighted by atomic mass is 10.4. The molecule has 0 atom stereocenters. The quantitative estimate of drug-likeness (QED) is 0.728. The van der Waals surface area contributed by atoms with Crippen molar-refractivity contribution in [2.24, 2.45) is 0 Å². The predicted molar refractivity (Wildman–Crippen MR) is 53.3 cm³/mol. The van der Waals surface area contributed by atoms with Crippen LogP contribution in [0.2, 0.25) is 0 Å². The minimum absolute atomic E-state index is 0.500. The Balaban J connectivity index is 2.13. The average Bonchev–Trinajstić information content (AvgIpc) is 2.45. The first-order valence-corrected chi connectivity index (χ1v) is 5.16. The summed E-state index contributed by atoms with van der Waals surface area (Å²) in [6, 6.07) is 0.500. The fraction of sp³-hybridized carbons (Fsp3) is 0.750. The first kappa shape index (κ1) is 10.4. The molecule has 0 saturated carbocycles. The first-order chi connectivity index (χ1) is 6.18. The zero-order chi connectivity index (χ0) is 9.68. The minimum atomic E-state index is 0.500. The Labute approximate surface area is 82.3 Å². The van der Waals surface area contributed by atoms with Crippen molar-refractivity contribution < 1.29 is 4.74 Å². The zero-order valence-corrected chi connectivity index (χ0v) is 9.02. The molecule has 1 rings (SSSR count). The number of nitrogens with zero attached hydrogens (tertiary/aromatic N) is 2. The van der Waals surface area contributed by atoms with Crippen LogP contribution in [0.4, 0.5) is 0 Å². The molecule has 74 valence electrons. The van der Waals surface area contributed by atoms with E-state index in [0.29, 0.717) is 17.8 Å². The molecular weight excluding hydrogens is 186 g/mol. The molecule has 0 saturated heterocycles. The molecule has 1 aromatic heterocycles. The van der Waals surface area contributed by atoms with Gasteiger partial charge < -0.3 is 10.1 Å². The van der Waals surface area contributed by atoms with Crippen LogP contribution in [0.5, 0.6) is 5.19 Å². The third-order valence-electron chi connectivity index (χ3n) is 1.39. The van der Waals surface area contributed by atoms with Gasteiger partial charge in [-0.2, -0.15) is 0 Å². The highest BCUT2D eigenvalue weighted by molar-refractivity contribution is 7.12. The van der Waals surface area contributed by atoms with Crippen LogP contribution in [0, 0.1) is 6.92 Å². The molecule has 0 bridgehead atoms. The highest BCUT2D eigenvalue weighted by atomic mass is 32.1. The number of hydrogen-bond donors (Lipinski definition) is 1. The van der Waals surface area contributed by atoms with Gasteiger partial charge in [0.05, 0.1) is 0 Å². The molecule has 1 N–H and O–H groups in total. The fourth-order valence-electron chi connectivity index (χ4n) is 0.823. The van der Waals surface area contributed by atoms with Gasteiger partial charge in [-0.3, -0.25) is 0 Å². The van der Waals surface area contributed by atoms with Crippen molar-refractivity contribution >= 4 is 11.3 Å². The molecule has 0 aliphatic rings. The summed E-state index contributed by atoms with van der Waals surface area (Å²) in [4.78, 5) is 0. The standard InChI is InChI=1S/C8H15N3OS/c1-6(2)9-4-5-12-8-11-10-7(3)13-8/h6,9H,4-5H2,1-3H3. The number of aromatic nitrogens is 2. The van der Waals surface area contributed by atoms with Crippen molar-refractivity contribution in [2.45, 2.75) is 26.8 Å². The second-order valence-electron chi connectivity index (χ2n) is 3.04. The maximum atomic E-state index is 5.36. The van der Waals surface area contributed by atoms with Crippen LogP contribution in [0.25, 0.3) is 0 Å². The van der Waals surface area contributed by atoms with E-state index < -0.39 is 0 Å². The Kier molecular flexibility index (Phi) is 4.11. The van der Waals surface area contributed by atoms with Crippen molar-refractivity contribution in [3.63, 3.8) is 0 Å². The molecule has 4 nitrogen and oxygen atoms in total. The molecule has 0 aliphatic carbocycles. The number of ether oxygens (including phenoxy) is 1. The Morgan fingerprint density at radius 3 is 2.77 bits per heavy atom. The van der Waals surface area contributed by atoms with Crippen LogP contribution in [-0.4, -0.2) is 29.4 Å².